The zero-order valence-corrected chi connectivity index (χ0v) is 13.7. The van der Waals surface area contributed by atoms with Crippen LogP contribution in [0.25, 0.3) is 10.9 Å². The van der Waals surface area contributed by atoms with Gasteiger partial charge in [-0.3, -0.25) is 0 Å². The molecule has 0 amide bonds. The monoisotopic (exact) mass is 333 g/mol. The Bertz CT molecular complexity index is 847. The lowest BCUT2D eigenvalue weighted by atomic mass is 10.2. The van der Waals surface area contributed by atoms with Gasteiger partial charge in [-0.15, -0.1) is 0 Å². The number of hydrogen-bond donors (Lipinski definition) is 1. The van der Waals surface area contributed by atoms with Gasteiger partial charge in [0.05, 0.1) is 12.6 Å². The molecule has 3 rings (SSSR count). The van der Waals surface area contributed by atoms with Gasteiger partial charge < -0.3 is 14.6 Å². The molecule has 0 aliphatic rings. The molecule has 0 spiro atoms. The van der Waals surface area contributed by atoms with Crippen molar-refractivity contribution in [2.24, 2.45) is 0 Å². The molecule has 120 valence electrons. The minimum absolute atomic E-state index is 0.249. The standard InChI is InChI=1S/C17H17ClFN3O/c1-11-9-13-15(23-2)4-3-14(19)17(13)22(11)8-7-20-12-5-6-21-16(18)10-12/h3-6,9-10H,7-8H2,1-2H3,(H,20,21). The number of benzene rings is 1. The van der Waals surface area contributed by atoms with E-state index < -0.39 is 0 Å². The van der Waals surface area contributed by atoms with Gasteiger partial charge in [0, 0.05) is 36.1 Å². The van der Waals surface area contributed by atoms with Gasteiger partial charge in [0.2, 0.25) is 0 Å². The third kappa shape index (κ3) is 3.10. The van der Waals surface area contributed by atoms with Gasteiger partial charge in [-0.05, 0) is 37.3 Å². The lowest BCUT2D eigenvalue weighted by Crippen LogP contribution is -2.12. The fourth-order valence-electron chi connectivity index (χ4n) is 2.73. The van der Waals surface area contributed by atoms with Crippen LogP contribution in [0.4, 0.5) is 10.1 Å². The van der Waals surface area contributed by atoms with E-state index in [1.165, 1.54) is 6.07 Å². The van der Waals surface area contributed by atoms with Gasteiger partial charge in [-0.1, -0.05) is 11.6 Å². The summed E-state index contributed by atoms with van der Waals surface area (Å²) in [5.41, 5.74) is 2.44. The Morgan fingerprint density at radius 2 is 2.13 bits per heavy atom. The minimum Gasteiger partial charge on any atom is -0.496 e. The number of nitrogens with one attached hydrogen (secondary N) is 1. The molecule has 0 aliphatic heterocycles. The van der Waals surface area contributed by atoms with Crippen LogP contribution in [-0.2, 0) is 6.54 Å². The molecule has 0 radical (unpaired) electrons. The van der Waals surface area contributed by atoms with Crippen molar-refractivity contribution in [3.63, 3.8) is 0 Å². The number of fused-ring (bicyclic) bond motifs is 1. The summed E-state index contributed by atoms with van der Waals surface area (Å²) in [6, 6.07) is 8.63. The summed E-state index contributed by atoms with van der Waals surface area (Å²) in [6.07, 6.45) is 1.64. The third-order valence-corrected chi connectivity index (χ3v) is 3.99. The predicted molar refractivity (Wildman–Crippen MR) is 90.9 cm³/mol. The van der Waals surface area contributed by atoms with Crippen LogP contribution < -0.4 is 10.1 Å². The Balaban J connectivity index is 1.84. The summed E-state index contributed by atoms with van der Waals surface area (Å²) in [6.45, 7) is 3.23. The first kappa shape index (κ1) is 15.6. The van der Waals surface area contributed by atoms with E-state index in [0.29, 0.717) is 29.5 Å². The SMILES string of the molecule is COc1ccc(F)c2c1cc(C)n2CCNc1ccnc(Cl)c1. The summed E-state index contributed by atoms with van der Waals surface area (Å²) < 4.78 is 21.5. The Morgan fingerprint density at radius 1 is 1.30 bits per heavy atom. The number of aryl methyl sites for hydroxylation is 1. The number of rotatable bonds is 5. The molecule has 4 nitrogen and oxygen atoms in total. The highest BCUT2D eigenvalue weighted by Crippen LogP contribution is 2.30. The van der Waals surface area contributed by atoms with E-state index in [9.17, 15) is 4.39 Å². The van der Waals surface area contributed by atoms with Crippen LogP contribution in [0.2, 0.25) is 5.15 Å². The van der Waals surface area contributed by atoms with Crippen molar-refractivity contribution in [2.75, 3.05) is 19.0 Å². The van der Waals surface area contributed by atoms with Gasteiger partial charge in [0.25, 0.3) is 0 Å². The van der Waals surface area contributed by atoms with Crippen molar-refractivity contribution in [2.45, 2.75) is 13.5 Å². The van der Waals surface area contributed by atoms with Crippen molar-refractivity contribution in [3.8, 4) is 5.75 Å². The topological polar surface area (TPSA) is 39.1 Å². The highest BCUT2D eigenvalue weighted by molar-refractivity contribution is 6.29. The minimum atomic E-state index is -0.249. The van der Waals surface area contributed by atoms with Crippen LogP contribution in [-0.4, -0.2) is 23.2 Å². The van der Waals surface area contributed by atoms with Gasteiger partial charge in [0.15, 0.2) is 0 Å². The fourth-order valence-corrected chi connectivity index (χ4v) is 2.90. The number of aromatic nitrogens is 2. The number of methoxy groups -OCH3 is 1. The summed E-state index contributed by atoms with van der Waals surface area (Å²) >= 11 is 5.86. The highest BCUT2D eigenvalue weighted by atomic mass is 35.5. The number of pyridine rings is 1. The summed E-state index contributed by atoms with van der Waals surface area (Å²) in [5.74, 6) is 0.429. The zero-order valence-electron chi connectivity index (χ0n) is 12.9. The molecule has 0 saturated carbocycles. The van der Waals surface area contributed by atoms with Crippen molar-refractivity contribution < 1.29 is 9.13 Å². The van der Waals surface area contributed by atoms with E-state index in [0.717, 1.165) is 16.8 Å². The first-order chi connectivity index (χ1) is 11.1. The maximum atomic E-state index is 14.3. The number of ether oxygens (including phenoxy) is 1. The molecule has 2 aromatic heterocycles. The van der Waals surface area contributed by atoms with E-state index in [-0.39, 0.29) is 5.82 Å². The second-order valence-corrected chi connectivity index (χ2v) is 5.63. The van der Waals surface area contributed by atoms with E-state index in [1.807, 2.05) is 23.6 Å². The highest BCUT2D eigenvalue weighted by Gasteiger charge is 2.14. The lowest BCUT2D eigenvalue weighted by Gasteiger charge is -2.11. The summed E-state index contributed by atoms with van der Waals surface area (Å²) in [7, 11) is 1.59. The Hall–Kier alpha value is -2.27. The maximum Gasteiger partial charge on any atom is 0.147 e. The molecule has 0 unspecified atom stereocenters. The van der Waals surface area contributed by atoms with Gasteiger partial charge in [0.1, 0.15) is 16.7 Å². The molecular weight excluding hydrogens is 317 g/mol. The zero-order chi connectivity index (χ0) is 16.4. The van der Waals surface area contributed by atoms with E-state index in [2.05, 4.69) is 10.3 Å². The molecule has 0 aliphatic carbocycles. The normalized spacial score (nSPS) is 11.0. The van der Waals surface area contributed by atoms with Crippen LogP contribution >= 0.6 is 11.6 Å². The summed E-state index contributed by atoms with van der Waals surface area (Å²) in [5, 5.41) is 4.49. The van der Waals surface area contributed by atoms with E-state index >= 15 is 0 Å². The van der Waals surface area contributed by atoms with Crippen LogP contribution in [0.3, 0.4) is 0 Å². The van der Waals surface area contributed by atoms with E-state index in [1.54, 1.807) is 25.4 Å². The molecule has 0 saturated heterocycles. The smallest absolute Gasteiger partial charge is 0.147 e. The van der Waals surface area contributed by atoms with Crippen molar-refractivity contribution in [3.05, 3.63) is 53.2 Å². The quantitative estimate of drug-likeness (QED) is 0.709. The average Bonchev–Trinajstić information content (AvgIpc) is 2.86. The average molecular weight is 334 g/mol. The van der Waals surface area contributed by atoms with Crippen LogP contribution in [0.1, 0.15) is 5.69 Å². The fraction of sp³-hybridized carbons (Fsp3) is 0.235. The molecule has 0 atom stereocenters. The number of halogens is 2. The molecule has 1 N–H and O–H groups in total. The first-order valence-corrected chi connectivity index (χ1v) is 7.65. The molecule has 0 bridgehead atoms. The van der Waals surface area contributed by atoms with Gasteiger partial charge >= 0.3 is 0 Å². The lowest BCUT2D eigenvalue weighted by molar-refractivity contribution is 0.419. The summed E-state index contributed by atoms with van der Waals surface area (Å²) in [4.78, 5) is 3.94. The third-order valence-electron chi connectivity index (χ3n) is 3.79. The van der Waals surface area contributed by atoms with Gasteiger partial charge in [-0.25, -0.2) is 9.37 Å². The molecular formula is C17H17ClFN3O. The Labute approximate surface area is 138 Å². The van der Waals surface area contributed by atoms with E-state index in [4.69, 9.17) is 16.3 Å². The second kappa shape index (κ2) is 6.46. The molecule has 6 heteroatoms. The number of anilines is 1. The van der Waals surface area contributed by atoms with Crippen LogP contribution in [0.15, 0.2) is 36.5 Å². The molecule has 23 heavy (non-hydrogen) atoms. The predicted octanol–water partition coefficient (Wildman–Crippen LogP) is 4.26. The Kier molecular flexibility index (Phi) is 4.39. The van der Waals surface area contributed by atoms with Crippen molar-refractivity contribution in [1.29, 1.82) is 0 Å². The number of hydrogen-bond acceptors (Lipinski definition) is 3. The van der Waals surface area contributed by atoms with Crippen LogP contribution in [0, 0.1) is 12.7 Å². The first-order valence-electron chi connectivity index (χ1n) is 7.28. The van der Waals surface area contributed by atoms with Crippen molar-refractivity contribution in [1.82, 2.24) is 9.55 Å². The Morgan fingerprint density at radius 3 is 2.87 bits per heavy atom. The molecule has 2 heterocycles. The number of nitrogens with zero attached hydrogens (tertiary/aromatic N) is 2. The second-order valence-electron chi connectivity index (χ2n) is 5.24. The van der Waals surface area contributed by atoms with Crippen molar-refractivity contribution >= 4 is 28.2 Å². The largest absolute Gasteiger partial charge is 0.496 e. The molecule has 0 fully saturated rings. The maximum absolute atomic E-state index is 14.3. The molecule has 3 aromatic rings. The molecule has 1 aromatic carbocycles. The van der Waals surface area contributed by atoms with Gasteiger partial charge in [-0.2, -0.15) is 0 Å². The van der Waals surface area contributed by atoms with Crippen LogP contribution in [0.5, 0.6) is 5.75 Å².